The van der Waals surface area contributed by atoms with Crippen LogP contribution in [0.15, 0.2) is 45.8 Å². The van der Waals surface area contributed by atoms with Gasteiger partial charge < -0.3 is 0 Å². The fraction of sp³-hybridized carbons (Fsp3) is 0.381. The van der Waals surface area contributed by atoms with Gasteiger partial charge in [0, 0.05) is 11.0 Å². The van der Waals surface area contributed by atoms with Crippen LogP contribution < -0.4 is 15.9 Å². The number of benzene rings is 1. The van der Waals surface area contributed by atoms with Gasteiger partial charge in [-0.05, 0) is 36.4 Å². The Kier molecular flexibility index (Phi) is 5.82. The highest BCUT2D eigenvalue weighted by atomic mass is 32.2. The van der Waals surface area contributed by atoms with Crippen molar-refractivity contribution >= 4 is 39.9 Å². The van der Waals surface area contributed by atoms with Crippen LogP contribution in [-0.2, 0) is 4.79 Å². The van der Waals surface area contributed by atoms with Crippen molar-refractivity contribution in [2.75, 3.05) is 5.75 Å². The third kappa shape index (κ3) is 3.73. The maximum Gasteiger partial charge on any atom is 0.276 e. The summed E-state index contributed by atoms with van der Waals surface area (Å²) in [6.45, 7) is 4.29. The monoisotopic (exact) mass is 412 g/mol. The van der Waals surface area contributed by atoms with E-state index >= 15 is 0 Å². The minimum atomic E-state index is -0.299. The number of hydrogen-bond acceptors (Lipinski definition) is 6. The molecular weight excluding hydrogens is 388 g/mol. The number of thiophene rings is 1. The van der Waals surface area contributed by atoms with Gasteiger partial charge in [-0.3, -0.25) is 15.1 Å². The van der Waals surface area contributed by atoms with Crippen LogP contribution in [-0.4, -0.2) is 21.8 Å². The standard InChI is InChI=1S/C21H24N4OS2/c1-3-4-5-8-12-28-21-23-20(26)17-15-9-6-7-10-16(15)22-19(25(17)24-21)18-14(2)11-13-27-18/h6-7,9-11,13,19H,3-5,8,12H2,1-2H3,(H,23,24,26). The Bertz CT molecular complexity index is 1030. The smallest absolute Gasteiger partial charge is 0.276 e. The largest absolute Gasteiger partial charge is 0.298 e. The lowest BCUT2D eigenvalue weighted by molar-refractivity contribution is -0.116. The van der Waals surface area contributed by atoms with E-state index in [-0.39, 0.29) is 12.1 Å². The fourth-order valence-corrected chi connectivity index (χ4v) is 5.21. The van der Waals surface area contributed by atoms with Crippen molar-refractivity contribution in [2.45, 2.75) is 45.7 Å². The molecule has 5 nitrogen and oxygen atoms in total. The van der Waals surface area contributed by atoms with Crippen LogP contribution in [0.25, 0.3) is 5.70 Å². The lowest BCUT2D eigenvalue weighted by Crippen LogP contribution is -2.50. The molecule has 0 saturated heterocycles. The van der Waals surface area contributed by atoms with E-state index in [9.17, 15) is 4.79 Å². The van der Waals surface area contributed by atoms with E-state index in [1.54, 1.807) is 23.1 Å². The summed E-state index contributed by atoms with van der Waals surface area (Å²) >= 11 is 3.28. The summed E-state index contributed by atoms with van der Waals surface area (Å²) in [6, 6.07) is 9.89. The second-order valence-electron chi connectivity index (χ2n) is 6.95. The number of unbranched alkanes of at least 4 members (excludes halogenated alkanes) is 3. The molecule has 4 rings (SSSR count). The Hall–Kier alpha value is -2.12. The van der Waals surface area contributed by atoms with Crippen LogP contribution in [0.3, 0.4) is 0 Å². The van der Waals surface area contributed by atoms with E-state index in [1.807, 2.05) is 29.3 Å². The minimum Gasteiger partial charge on any atom is -0.298 e. The van der Waals surface area contributed by atoms with Gasteiger partial charge in [0.05, 0.1) is 10.2 Å². The summed E-state index contributed by atoms with van der Waals surface area (Å²) in [5, 5.41) is 14.0. The number of nitrogens with zero attached hydrogens (tertiary/aromatic N) is 3. The van der Waals surface area contributed by atoms with Crippen LogP contribution in [0, 0.1) is 6.92 Å². The summed E-state index contributed by atoms with van der Waals surface area (Å²) < 4.78 is 0. The summed E-state index contributed by atoms with van der Waals surface area (Å²) in [4.78, 5) is 19.1. The number of fused-ring (bicyclic) bond motifs is 2. The van der Waals surface area contributed by atoms with Crippen LogP contribution in [0.4, 0.5) is 0 Å². The number of rotatable bonds is 6. The molecule has 1 atom stereocenters. The topological polar surface area (TPSA) is 57.1 Å². The van der Waals surface area contributed by atoms with Crippen molar-refractivity contribution in [3.8, 4) is 0 Å². The first kappa shape index (κ1) is 19.2. The number of carbonyl (C=O) groups is 1. The molecule has 7 heteroatoms. The first-order valence-corrected chi connectivity index (χ1v) is 11.6. The zero-order valence-corrected chi connectivity index (χ0v) is 17.8. The molecule has 2 aliphatic heterocycles. The molecule has 0 fully saturated rings. The van der Waals surface area contributed by atoms with Crippen molar-refractivity contribution in [3.63, 3.8) is 0 Å². The van der Waals surface area contributed by atoms with Crippen LogP contribution in [0.5, 0.6) is 0 Å². The Morgan fingerprint density at radius 3 is 2.86 bits per heavy atom. The zero-order valence-electron chi connectivity index (χ0n) is 16.1. The Labute approximate surface area is 173 Å². The molecular formula is C21H24N4OS2. The molecule has 28 heavy (non-hydrogen) atoms. The van der Waals surface area contributed by atoms with Gasteiger partial charge in [-0.15, -0.1) is 16.4 Å². The van der Waals surface area contributed by atoms with Crippen molar-refractivity contribution in [2.24, 2.45) is 10.1 Å². The van der Waals surface area contributed by atoms with E-state index in [2.05, 4.69) is 30.6 Å². The van der Waals surface area contributed by atoms with Gasteiger partial charge in [0.2, 0.25) is 0 Å². The molecule has 0 saturated carbocycles. The maximum atomic E-state index is 13.0. The third-order valence-corrected chi connectivity index (χ3v) is 6.90. The molecule has 0 bridgehead atoms. The predicted octanol–water partition coefficient (Wildman–Crippen LogP) is 3.51. The van der Waals surface area contributed by atoms with Crippen LogP contribution in [0.1, 0.15) is 49.2 Å². The maximum absolute atomic E-state index is 13.0. The zero-order chi connectivity index (χ0) is 19.5. The van der Waals surface area contributed by atoms with E-state index in [0.717, 1.165) is 27.6 Å². The number of amidine groups is 1. The first-order valence-electron chi connectivity index (χ1n) is 9.72. The molecule has 1 N–H and O–H groups in total. The van der Waals surface area contributed by atoms with Gasteiger partial charge in [-0.1, -0.05) is 56.1 Å². The Morgan fingerprint density at radius 2 is 2.07 bits per heavy atom. The molecule has 1 unspecified atom stereocenters. The van der Waals surface area contributed by atoms with E-state index in [4.69, 9.17) is 10.1 Å². The van der Waals surface area contributed by atoms with Crippen LogP contribution in [0.2, 0.25) is 0 Å². The SMILES string of the molecule is CCCCCCSC1=NN2C(=c3ccccc3=NC2c2sccc2C)C(=O)N1. The van der Waals surface area contributed by atoms with Crippen molar-refractivity contribution in [1.29, 1.82) is 0 Å². The number of aryl methyl sites for hydroxylation is 1. The molecule has 2 aromatic rings. The fourth-order valence-electron chi connectivity index (χ4n) is 3.41. The molecule has 0 spiro atoms. The Morgan fingerprint density at radius 1 is 1.21 bits per heavy atom. The van der Waals surface area contributed by atoms with Gasteiger partial charge in [0.15, 0.2) is 11.3 Å². The van der Waals surface area contributed by atoms with E-state index in [1.165, 1.54) is 24.8 Å². The van der Waals surface area contributed by atoms with Gasteiger partial charge in [-0.2, -0.15) is 0 Å². The third-order valence-electron chi connectivity index (χ3n) is 4.89. The number of thioether (sulfide) groups is 1. The van der Waals surface area contributed by atoms with Gasteiger partial charge in [0.1, 0.15) is 5.70 Å². The van der Waals surface area contributed by atoms with Crippen molar-refractivity contribution < 1.29 is 4.79 Å². The summed E-state index contributed by atoms with van der Waals surface area (Å²) in [5.74, 6) is 0.853. The number of hydrazone groups is 1. The lowest BCUT2D eigenvalue weighted by Gasteiger charge is -2.33. The van der Waals surface area contributed by atoms with Crippen molar-refractivity contribution in [1.82, 2.24) is 10.3 Å². The molecule has 146 valence electrons. The normalized spacial score (nSPS) is 18.1. The summed E-state index contributed by atoms with van der Waals surface area (Å²) in [7, 11) is 0. The van der Waals surface area contributed by atoms with E-state index < -0.39 is 0 Å². The number of amides is 1. The number of carbonyl (C=O) groups excluding carboxylic acids is 1. The highest BCUT2D eigenvalue weighted by Gasteiger charge is 2.35. The molecule has 1 aromatic carbocycles. The molecule has 3 heterocycles. The number of nitrogens with one attached hydrogen (secondary N) is 1. The Balaban J connectivity index is 1.70. The van der Waals surface area contributed by atoms with Gasteiger partial charge in [-0.25, -0.2) is 5.01 Å². The predicted molar refractivity (Wildman–Crippen MR) is 116 cm³/mol. The summed E-state index contributed by atoms with van der Waals surface area (Å²) in [5.41, 5.74) is 1.76. The average molecular weight is 413 g/mol. The first-order chi connectivity index (χ1) is 13.7. The molecule has 1 aromatic heterocycles. The minimum absolute atomic E-state index is 0.104. The second-order valence-corrected chi connectivity index (χ2v) is 8.98. The van der Waals surface area contributed by atoms with Crippen LogP contribution >= 0.6 is 23.1 Å². The molecule has 2 aliphatic rings. The molecule has 1 amide bonds. The van der Waals surface area contributed by atoms with E-state index in [0.29, 0.717) is 10.9 Å². The van der Waals surface area contributed by atoms with Crippen molar-refractivity contribution in [3.05, 3.63) is 56.7 Å². The highest BCUT2D eigenvalue weighted by molar-refractivity contribution is 8.13. The quantitative estimate of drug-likeness (QED) is 0.739. The second kappa shape index (κ2) is 8.49. The average Bonchev–Trinajstić information content (AvgIpc) is 3.12. The number of hydrogen-bond donors (Lipinski definition) is 1. The summed E-state index contributed by atoms with van der Waals surface area (Å²) in [6.07, 6.45) is 4.51. The number of para-hydroxylation sites is 1. The lowest BCUT2D eigenvalue weighted by atomic mass is 10.1. The molecule has 0 aliphatic carbocycles. The van der Waals surface area contributed by atoms with Gasteiger partial charge in [0.25, 0.3) is 5.91 Å². The molecule has 0 radical (unpaired) electrons. The highest BCUT2D eigenvalue weighted by Crippen LogP contribution is 2.35. The van der Waals surface area contributed by atoms with Gasteiger partial charge >= 0.3 is 0 Å².